The van der Waals surface area contributed by atoms with E-state index in [4.69, 9.17) is 14.2 Å². The van der Waals surface area contributed by atoms with Crippen molar-refractivity contribution in [1.82, 2.24) is 0 Å². The van der Waals surface area contributed by atoms with Gasteiger partial charge in [-0.1, -0.05) is 0 Å². The number of fused-ring (bicyclic) bond motifs is 1. The average molecular weight is 265 g/mol. The molecule has 0 unspecified atom stereocenters. The third-order valence-electron chi connectivity index (χ3n) is 3.69. The maximum Gasteiger partial charge on any atom is 0.163 e. The van der Waals surface area contributed by atoms with Gasteiger partial charge in [0.15, 0.2) is 11.5 Å². The Kier molecular flexibility index (Phi) is 3.24. The van der Waals surface area contributed by atoms with Crippen molar-refractivity contribution in [1.29, 1.82) is 0 Å². The smallest absolute Gasteiger partial charge is 0.163 e. The largest absolute Gasteiger partial charge is 0.486 e. The average Bonchev–Trinajstić information content (AvgIpc) is 2.38. The summed E-state index contributed by atoms with van der Waals surface area (Å²) >= 11 is 0. The molecule has 0 spiro atoms. The number of hydrogen-bond acceptors (Lipinski definition) is 5. The van der Waals surface area contributed by atoms with Gasteiger partial charge in [-0.05, 0) is 18.6 Å². The number of hydrogen-bond donors (Lipinski definition) is 2. The quantitative estimate of drug-likeness (QED) is 0.856. The van der Waals surface area contributed by atoms with E-state index in [-0.39, 0.29) is 12.0 Å². The van der Waals surface area contributed by atoms with E-state index in [2.05, 4.69) is 5.32 Å². The number of nitrogens with one attached hydrogen (secondary N) is 1. The minimum atomic E-state index is -0.139. The Balaban J connectivity index is 1.73. The number of aliphatic hydroxyl groups excluding tert-OH is 1. The monoisotopic (exact) mass is 265 g/mol. The second-order valence-electron chi connectivity index (χ2n) is 5.32. The molecule has 0 radical (unpaired) electrons. The van der Waals surface area contributed by atoms with Crippen molar-refractivity contribution in [2.75, 3.05) is 44.9 Å². The van der Waals surface area contributed by atoms with Gasteiger partial charge in [-0.15, -0.1) is 0 Å². The van der Waals surface area contributed by atoms with Crippen LogP contribution in [-0.4, -0.2) is 44.7 Å². The van der Waals surface area contributed by atoms with Crippen molar-refractivity contribution in [3.8, 4) is 11.5 Å². The number of rotatable bonds is 4. The van der Waals surface area contributed by atoms with Crippen molar-refractivity contribution >= 4 is 5.69 Å². The molecule has 1 aromatic rings. The molecule has 2 heterocycles. The number of aryl methyl sites for hydroxylation is 1. The Morgan fingerprint density at radius 2 is 1.89 bits per heavy atom. The number of anilines is 1. The normalized spacial score (nSPS) is 19.7. The van der Waals surface area contributed by atoms with Gasteiger partial charge in [0.25, 0.3) is 0 Å². The summed E-state index contributed by atoms with van der Waals surface area (Å²) in [7, 11) is 0. The van der Waals surface area contributed by atoms with Gasteiger partial charge in [0.05, 0.1) is 25.2 Å². The lowest BCUT2D eigenvalue weighted by molar-refractivity contribution is -0.128. The highest BCUT2D eigenvalue weighted by atomic mass is 16.6. The van der Waals surface area contributed by atoms with Crippen molar-refractivity contribution < 1.29 is 19.3 Å². The Morgan fingerprint density at radius 3 is 2.47 bits per heavy atom. The van der Waals surface area contributed by atoms with Gasteiger partial charge in [-0.25, -0.2) is 0 Å². The van der Waals surface area contributed by atoms with Crippen molar-refractivity contribution in [3.05, 3.63) is 17.7 Å². The minimum Gasteiger partial charge on any atom is -0.486 e. The summed E-state index contributed by atoms with van der Waals surface area (Å²) in [6.45, 7) is 5.28. The third kappa shape index (κ3) is 2.35. The summed E-state index contributed by atoms with van der Waals surface area (Å²) in [5.74, 6) is 1.58. The van der Waals surface area contributed by atoms with E-state index in [1.807, 2.05) is 19.1 Å². The second-order valence-corrected chi connectivity index (χ2v) is 5.32. The Hall–Kier alpha value is -1.46. The molecule has 0 aliphatic carbocycles. The lowest BCUT2D eigenvalue weighted by Gasteiger charge is -2.40. The van der Waals surface area contributed by atoms with Crippen LogP contribution in [0.3, 0.4) is 0 Å². The van der Waals surface area contributed by atoms with E-state index in [0.717, 1.165) is 22.7 Å². The van der Waals surface area contributed by atoms with E-state index in [1.165, 1.54) is 0 Å². The molecule has 2 aliphatic heterocycles. The summed E-state index contributed by atoms with van der Waals surface area (Å²) in [4.78, 5) is 0. The summed E-state index contributed by atoms with van der Waals surface area (Å²) in [5.41, 5.74) is 1.99. The van der Waals surface area contributed by atoms with Crippen LogP contribution >= 0.6 is 0 Å². The lowest BCUT2D eigenvalue weighted by Crippen LogP contribution is -2.50. The van der Waals surface area contributed by atoms with E-state index < -0.39 is 0 Å². The van der Waals surface area contributed by atoms with E-state index >= 15 is 0 Å². The van der Waals surface area contributed by atoms with Gasteiger partial charge in [0.2, 0.25) is 0 Å². The zero-order chi connectivity index (χ0) is 13.3. The van der Waals surface area contributed by atoms with Crippen LogP contribution in [-0.2, 0) is 4.74 Å². The molecule has 0 bridgehead atoms. The molecular formula is C14H19NO4. The molecule has 3 rings (SSSR count). The first-order valence-electron chi connectivity index (χ1n) is 6.55. The molecular weight excluding hydrogens is 246 g/mol. The first-order valence-corrected chi connectivity index (χ1v) is 6.55. The molecule has 0 saturated carbocycles. The van der Waals surface area contributed by atoms with Crippen LogP contribution in [0.1, 0.15) is 5.56 Å². The predicted molar refractivity (Wildman–Crippen MR) is 71.0 cm³/mol. The van der Waals surface area contributed by atoms with E-state index in [1.54, 1.807) is 0 Å². The maximum atomic E-state index is 9.41. The van der Waals surface area contributed by atoms with Gasteiger partial charge in [-0.2, -0.15) is 0 Å². The van der Waals surface area contributed by atoms with Gasteiger partial charge in [0, 0.05) is 18.3 Å². The lowest BCUT2D eigenvalue weighted by atomic mass is 9.87. The predicted octanol–water partition coefficient (Wildman–Crippen LogP) is 1.19. The zero-order valence-electron chi connectivity index (χ0n) is 11.1. The van der Waals surface area contributed by atoms with Gasteiger partial charge in [0.1, 0.15) is 13.2 Å². The molecule has 104 valence electrons. The number of ether oxygens (including phenoxy) is 3. The second kappa shape index (κ2) is 4.90. The van der Waals surface area contributed by atoms with Gasteiger partial charge < -0.3 is 24.6 Å². The summed E-state index contributed by atoms with van der Waals surface area (Å²) < 4.78 is 16.3. The van der Waals surface area contributed by atoms with Crippen LogP contribution in [0, 0.1) is 12.3 Å². The first-order chi connectivity index (χ1) is 9.22. The molecule has 2 N–H and O–H groups in total. The Bertz CT molecular complexity index is 465. The van der Waals surface area contributed by atoms with Crippen LogP contribution < -0.4 is 14.8 Å². The highest BCUT2D eigenvalue weighted by Gasteiger charge is 2.37. The topological polar surface area (TPSA) is 60.0 Å². The molecule has 2 aliphatic rings. The van der Waals surface area contributed by atoms with Crippen LogP contribution in [0.25, 0.3) is 0 Å². The fraction of sp³-hybridized carbons (Fsp3) is 0.571. The molecule has 0 amide bonds. The summed E-state index contributed by atoms with van der Waals surface area (Å²) in [6.07, 6.45) is 0. The van der Waals surface area contributed by atoms with Crippen LogP contribution in [0.2, 0.25) is 0 Å². The fourth-order valence-electron chi connectivity index (χ4n) is 2.30. The third-order valence-corrected chi connectivity index (χ3v) is 3.69. The standard InChI is InChI=1S/C14H19NO4/c1-10-4-12-13(19-3-2-18-12)5-11(10)15-6-14(7-16)8-17-9-14/h4-5,15-16H,2-3,6-9H2,1H3. The van der Waals surface area contributed by atoms with E-state index in [0.29, 0.717) is 33.0 Å². The summed E-state index contributed by atoms with van der Waals surface area (Å²) in [5, 5.41) is 12.8. The molecule has 19 heavy (non-hydrogen) atoms. The van der Waals surface area contributed by atoms with Gasteiger partial charge >= 0.3 is 0 Å². The summed E-state index contributed by atoms with van der Waals surface area (Å²) in [6, 6.07) is 3.95. The Morgan fingerprint density at radius 1 is 1.21 bits per heavy atom. The molecule has 1 saturated heterocycles. The van der Waals surface area contributed by atoms with E-state index in [9.17, 15) is 5.11 Å². The van der Waals surface area contributed by atoms with Crippen molar-refractivity contribution in [3.63, 3.8) is 0 Å². The molecule has 5 heteroatoms. The SMILES string of the molecule is Cc1cc2c(cc1NCC1(CO)COC1)OCCO2. The number of aliphatic hydroxyl groups is 1. The highest BCUT2D eigenvalue weighted by molar-refractivity contribution is 5.60. The molecule has 0 atom stereocenters. The first kappa shape index (κ1) is 12.6. The minimum absolute atomic E-state index is 0.139. The molecule has 1 aromatic carbocycles. The Labute approximate surface area is 112 Å². The highest BCUT2D eigenvalue weighted by Crippen LogP contribution is 2.36. The van der Waals surface area contributed by atoms with Crippen LogP contribution in [0.15, 0.2) is 12.1 Å². The zero-order valence-corrected chi connectivity index (χ0v) is 11.1. The maximum absolute atomic E-state index is 9.41. The van der Waals surface area contributed by atoms with Gasteiger partial charge in [-0.3, -0.25) is 0 Å². The molecule has 0 aromatic heterocycles. The number of benzene rings is 1. The van der Waals surface area contributed by atoms with Crippen molar-refractivity contribution in [2.24, 2.45) is 5.41 Å². The fourth-order valence-corrected chi connectivity index (χ4v) is 2.30. The van der Waals surface area contributed by atoms with Crippen LogP contribution in [0.4, 0.5) is 5.69 Å². The van der Waals surface area contributed by atoms with Crippen LogP contribution in [0.5, 0.6) is 11.5 Å². The van der Waals surface area contributed by atoms with Crippen molar-refractivity contribution in [2.45, 2.75) is 6.92 Å². The molecule has 1 fully saturated rings. The molecule has 5 nitrogen and oxygen atoms in total.